The van der Waals surface area contributed by atoms with Crippen molar-refractivity contribution < 1.29 is 0 Å². The summed E-state index contributed by atoms with van der Waals surface area (Å²) in [6.45, 7) is 1.90. The monoisotopic (exact) mass is 230 g/mol. The van der Waals surface area contributed by atoms with Gasteiger partial charge in [-0.05, 0) is 25.0 Å². The minimum Gasteiger partial charge on any atom is -0.371 e. The predicted octanol–water partition coefficient (Wildman–Crippen LogP) is 1.42. The molecule has 3 rings (SSSR count). The van der Waals surface area contributed by atoms with Crippen molar-refractivity contribution in [3.05, 3.63) is 24.3 Å². The molecule has 0 radical (unpaired) electrons. The Hall–Kier alpha value is -1.71. The Bertz CT molecular complexity index is 450. The Morgan fingerprint density at radius 3 is 2.65 bits per heavy atom. The molecule has 2 aliphatic rings. The van der Waals surface area contributed by atoms with E-state index in [0.29, 0.717) is 12.0 Å². The van der Waals surface area contributed by atoms with Crippen molar-refractivity contribution in [2.45, 2.75) is 18.9 Å². The van der Waals surface area contributed by atoms with Crippen molar-refractivity contribution >= 4 is 17.3 Å². The molecule has 1 fully saturated rings. The summed E-state index contributed by atoms with van der Waals surface area (Å²) >= 11 is 0. The average Bonchev–Trinajstić information content (AvgIpc) is 3.14. The number of likely N-dealkylation sites (N-methyl/N-ethyl adjacent to an activating group) is 1. The van der Waals surface area contributed by atoms with Crippen molar-refractivity contribution in [2.75, 3.05) is 29.9 Å². The number of hydrogen-bond acceptors (Lipinski definition) is 2. The van der Waals surface area contributed by atoms with Gasteiger partial charge in [0.2, 0.25) is 0 Å². The van der Waals surface area contributed by atoms with Gasteiger partial charge in [0.25, 0.3) is 0 Å². The highest BCUT2D eigenvalue weighted by Crippen LogP contribution is 2.32. The Balaban J connectivity index is 1.94. The van der Waals surface area contributed by atoms with Crippen LogP contribution < -0.4 is 15.5 Å². The molecule has 1 heterocycles. The number of anilines is 2. The second kappa shape index (κ2) is 3.95. The van der Waals surface area contributed by atoms with Crippen LogP contribution in [0, 0.1) is 0 Å². The van der Waals surface area contributed by atoms with Crippen LogP contribution in [0.25, 0.3) is 0 Å². The highest BCUT2D eigenvalue weighted by Gasteiger charge is 2.25. The molecule has 1 saturated carbocycles. The van der Waals surface area contributed by atoms with Crippen LogP contribution in [0.5, 0.6) is 0 Å². The van der Waals surface area contributed by atoms with E-state index in [-0.39, 0.29) is 0 Å². The number of rotatable bonds is 1. The maximum absolute atomic E-state index is 6.11. The molecule has 0 saturated heterocycles. The van der Waals surface area contributed by atoms with Crippen LogP contribution in [-0.2, 0) is 0 Å². The van der Waals surface area contributed by atoms with Crippen LogP contribution >= 0.6 is 0 Å². The first-order valence-electron chi connectivity index (χ1n) is 6.16. The third-order valence-corrected chi connectivity index (χ3v) is 3.38. The molecule has 4 nitrogen and oxygen atoms in total. The van der Waals surface area contributed by atoms with E-state index in [0.717, 1.165) is 13.1 Å². The first-order valence-corrected chi connectivity index (χ1v) is 6.16. The molecular weight excluding hydrogens is 212 g/mol. The highest BCUT2D eigenvalue weighted by atomic mass is 15.3. The van der Waals surface area contributed by atoms with Gasteiger partial charge in [0.05, 0.1) is 17.4 Å². The zero-order chi connectivity index (χ0) is 11.8. The lowest BCUT2D eigenvalue weighted by Crippen LogP contribution is -2.46. The van der Waals surface area contributed by atoms with Gasteiger partial charge in [-0.15, -0.1) is 0 Å². The largest absolute Gasteiger partial charge is 0.371 e. The molecule has 0 amide bonds. The second-order valence-electron chi connectivity index (χ2n) is 4.78. The molecular formula is C13H18N4. The number of nitrogens with two attached hydrogens (primary N) is 1. The average molecular weight is 230 g/mol. The molecule has 17 heavy (non-hydrogen) atoms. The van der Waals surface area contributed by atoms with Gasteiger partial charge < -0.3 is 15.5 Å². The molecule has 0 bridgehead atoms. The van der Waals surface area contributed by atoms with E-state index in [9.17, 15) is 0 Å². The molecule has 1 aromatic carbocycles. The quantitative estimate of drug-likeness (QED) is 0.586. The normalized spacial score (nSPS) is 20.4. The van der Waals surface area contributed by atoms with Crippen LogP contribution in [0.15, 0.2) is 29.3 Å². The minimum atomic E-state index is 0.474. The molecule has 4 heteroatoms. The van der Waals surface area contributed by atoms with Crippen molar-refractivity contribution in [2.24, 2.45) is 10.7 Å². The Kier molecular flexibility index (Phi) is 2.42. The van der Waals surface area contributed by atoms with Gasteiger partial charge in [0, 0.05) is 20.1 Å². The Morgan fingerprint density at radius 2 is 1.94 bits per heavy atom. The maximum Gasteiger partial charge on any atom is 0.196 e. The first-order chi connectivity index (χ1) is 8.25. The Labute approximate surface area is 102 Å². The van der Waals surface area contributed by atoms with E-state index in [2.05, 4.69) is 46.1 Å². The molecule has 1 aromatic rings. The van der Waals surface area contributed by atoms with Crippen molar-refractivity contribution in [3.8, 4) is 0 Å². The summed E-state index contributed by atoms with van der Waals surface area (Å²) in [4.78, 5) is 8.93. The van der Waals surface area contributed by atoms with E-state index in [1.807, 2.05) is 0 Å². The zero-order valence-electron chi connectivity index (χ0n) is 10.1. The summed E-state index contributed by atoms with van der Waals surface area (Å²) in [6.07, 6.45) is 2.38. The van der Waals surface area contributed by atoms with E-state index >= 15 is 0 Å². The highest BCUT2D eigenvalue weighted by molar-refractivity contribution is 5.99. The van der Waals surface area contributed by atoms with Crippen LogP contribution in [0.3, 0.4) is 0 Å². The number of nitrogens with zero attached hydrogens (tertiary/aromatic N) is 3. The number of fused-ring (bicyclic) bond motifs is 1. The van der Waals surface area contributed by atoms with E-state index < -0.39 is 0 Å². The molecule has 1 aliphatic heterocycles. The van der Waals surface area contributed by atoms with Crippen LogP contribution in [0.2, 0.25) is 0 Å². The van der Waals surface area contributed by atoms with E-state index in [1.165, 1.54) is 24.2 Å². The molecule has 2 N–H and O–H groups in total. The van der Waals surface area contributed by atoms with Gasteiger partial charge in [-0.3, -0.25) is 0 Å². The lowest BCUT2D eigenvalue weighted by atomic mass is 10.2. The number of benzene rings is 1. The fraction of sp³-hybridized carbons (Fsp3) is 0.462. The van der Waals surface area contributed by atoms with Crippen molar-refractivity contribution in [1.29, 1.82) is 0 Å². The summed E-state index contributed by atoms with van der Waals surface area (Å²) in [7, 11) is 2.12. The summed E-state index contributed by atoms with van der Waals surface area (Å²) in [5, 5.41) is 0. The number of aliphatic imine (C=N–C) groups is 1. The SMILES string of the molecule is CN1CCN(C(N)=NC2CC2)c2ccccc21. The van der Waals surface area contributed by atoms with E-state index in [4.69, 9.17) is 5.73 Å². The predicted molar refractivity (Wildman–Crippen MR) is 71.7 cm³/mol. The molecule has 0 spiro atoms. The van der Waals surface area contributed by atoms with Crippen LogP contribution in [0.4, 0.5) is 11.4 Å². The lowest BCUT2D eigenvalue weighted by Gasteiger charge is -2.36. The summed E-state index contributed by atoms with van der Waals surface area (Å²) in [6, 6.07) is 8.83. The van der Waals surface area contributed by atoms with Gasteiger partial charge in [-0.25, -0.2) is 4.99 Å². The molecule has 1 aliphatic carbocycles. The summed E-state index contributed by atoms with van der Waals surface area (Å²) in [5.41, 5.74) is 8.51. The third-order valence-electron chi connectivity index (χ3n) is 3.38. The first kappa shape index (κ1) is 10.4. The fourth-order valence-electron chi connectivity index (χ4n) is 2.20. The van der Waals surface area contributed by atoms with Gasteiger partial charge in [0.15, 0.2) is 5.96 Å². The van der Waals surface area contributed by atoms with Gasteiger partial charge in [-0.1, -0.05) is 12.1 Å². The van der Waals surface area contributed by atoms with E-state index in [1.54, 1.807) is 0 Å². The minimum absolute atomic E-state index is 0.474. The Morgan fingerprint density at radius 1 is 1.24 bits per heavy atom. The smallest absolute Gasteiger partial charge is 0.196 e. The molecule has 0 unspecified atom stereocenters. The number of guanidine groups is 1. The van der Waals surface area contributed by atoms with Gasteiger partial charge in [-0.2, -0.15) is 0 Å². The zero-order valence-corrected chi connectivity index (χ0v) is 10.1. The summed E-state index contributed by atoms with van der Waals surface area (Å²) in [5.74, 6) is 0.674. The van der Waals surface area contributed by atoms with Gasteiger partial charge in [0.1, 0.15) is 0 Å². The molecule has 0 atom stereocenters. The lowest BCUT2D eigenvalue weighted by molar-refractivity contribution is 0.826. The maximum atomic E-state index is 6.11. The number of hydrogen-bond donors (Lipinski definition) is 1. The van der Waals surface area contributed by atoms with Gasteiger partial charge >= 0.3 is 0 Å². The second-order valence-corrected chi connectivity index (χ2v) is 4.78. The molecule has 0 aromatic heterocycles. The summed E-state index contributed by atoms with van der Waals surface area (Å²) < 4.78 is 0. The standard InChI is InChI=1S/C13H18N4/c1-16-8-9-17(13(14)15-10-6-7-10)12-5-3-2-4-11(12)16/h2-5,10H,6-9H2,1H3,(H2,14,15). The van der Waals surface area contributed by atoms with Crippen LogP contribution in [-0.4, -0.2) is 32.1 Å². The third kappa shape index (κ3) is 1.95. The fourth-order valence-corrected chi connectivity index (χ4v) is 2.20. The van der Waals surface area contributed by atoms with Crippen molar-refractivity contribution in [1.82, 2.24) is 0 Å². The van der Waals surface area contributed by atoms with Crippen LogP contribution in [0.1, 0.15) is 12.8 Å². The van der Waals surface area contributed by atoms with Crippen molar-refractivity contribution in [3.63, 3.8) is 0 Å². The number of para-hydroxylation sites is 2. The topological polar surface area (TPSA) is 44.9 Å². The molecule has 90 valence electrons.